The largest absolute Gasteiger partial charge is 0.494 e. The van der Waals surface area contributed by atoms with Crippen molar-refractivity contribution in [1.29, 1.82) is 0 Å². The average Bonchev–Trinajstić information content (AvgIpc) is 3.34. The van der Waals surface area contributed by atoms with Crippen molar-refractivity contribution in [2.75, 3.05) is 17.7 Å². The van der Waals surface area contributed by atoms with Crippen LogP contribution in [0, 0.1) is 12.7 Å². The van der Waals surface area contributed by atoms with E-state index in [-0.39, 0.29) is 23.1 Å². The van der Waals surface area contributed by atoms with Crippen molar-refractivity contribution in [2.24, 2.45) is 0 Å². The Balaban J connectivity index is 1.50. The Hall–Kier alpha value is -3.92. The molecule has 0 fully saturated rings. The molecule has 0 bridgehead atoms. The smallest absolute Gasteiger partial charge is 0.280 e. The molecule has 0 aliphatic rings. The van der Waals surface area contributed by atoms with Crippen molar-refractivity contribution in [2.45, 2.75) is 20.4 Å². The van der Waals surface area contributed by atoms with Crippen molar-refractivity contribution in [3.05, 3.63) is 70.5 Å². The predicted molar refractivity (Wildman–Crippen MR) is 121 cm³/mol. The van der Waals surface area contributed by atoms with E-state index in [2.05, 4.69) is 20.6 Å². The van der Waals surface area contributed by atoms with Gasteiger partial charge in [0.2, 0.25) is 5.89 Å². The highest BCUT2D eigenvalue weighted by atomic mass is 35.5. The van der Waals surface area contributed by atoms with Crippen molar-refractivity contribution in [1.82, 2.24) is 20.0 Å². The van der Waals surface area contributed by atoms with Gasteiger partial charge in [-0.1, -0.05) is 16.8 Å². The zero-order chi connectivity index (χ0) is 23.5. The monoisotopic (exact) mass is 470 g/mol. The van der Waals surface area contributed by atoms with Crippen LogP contribution in [0.1, 0.15) is 28.9 Å². The van der Waals surface area contributed by atoms with Crippen LogP contribution in [0.25, 0.3) is 11.5 Å². The number of anilines is 2. The summed E-state index contributed by atoms with van der Waals surface area (Å²) in [7, 11) is 0. The van der Waals surface area contributed by atoms with Crippen LogP contribution in [-0.2, 0) is 6.54 Å². The SMILES string of the molecule is CCOc1ccc(-c2nc(Cn3nnc(C(=O)Nc4ccc(F)c(Cl)c4)c3N)c(C)o2)cc1. The van der Waals surface area contributed by atoms with Crippen LogP contribution < -0.4 is 15.8 Å². The maximum Gasteiger partial charge on any atom is 0.280 e. The second-order valence-electron chi connectivity index (χ2n) is 7.04. The van der Waals surface area contributed by atoms with E-state index < -0.39 is 11.7 Å². The molecule has 9 nitrogen and oxygen atoms in total. The van der Waals surface area contributed by atoms with Gasteiger partial charge in [0.25, 0.3) is 5.91 Å². The zero-order valence-electron chi connectivity index (χ0n) is 17.8. The summed E-state index contributed by atoms with van der Waals surface area (Å²) in [6, 6.07) is 11.2. The van der Waals surface area contributed by atoms with Crippen molar-refractivity contribution < 1.29 is 18.3 Å². The van der Waals surface area contributed by atoms with Gasteiger partial charge in [-0.2, -0.15) is 0 Å². The number of aromatic nitrogens is 4. The molecule has 0 radical (unpaired) electrons. The van der Waals surface area contributed by atoms with Crippen LogP contribution in [0.15, 0.2) is 46.9 Å². The molecule has 0 aliphatic heterocycles. The lowest BCUT2D eigenvalue weighted by molar-refractivity contribution is 0.102. The molecule has 0 spiro atoms. The molecule has 0 aliphatic carbocycles. The van der Waals surface area contributed by atoms with Gasteiger partial charge in [0.05, 0.1) is 18.2 Å². The van der Waals surface area contributed by atoms with Crippen molar-refractivity contribution in [3.8, 4) is 17.2 Å². The van der Waals surface area contributed by atoms with E-state index in [1.165, 1.54) is 16.8 Å². The summed E-state index contributed by atoms with van der Waals surface area (Å²) in [4.78, 5) is 17.1. The number of halogens is 2. The molecular formula is C22H20ClFN6O3. The standard InChI is InChI=1S/C22H20ClFN6O3/c1-3-32-15-7-4-13(5-8-15)22-27-18(12(2)33-22)11-30-20(25)19(28-29-30)21(31)26-14-6-9-17(24)16(23)10-14/h4-10H,3,11,25H2,1-2H3,(H,26,31). The number of benzene rings is 2. The Morgan fingerprint density at radius 1 is 1.27 bits per heavy atom. The fraction of sp³-hybridized carbons (Fsp3) is 0.182. The van der Waals surface area contributed by atoms with E-state index in [1.807, 2.05) is 31.2 Å². The van der Waals surface area contributed by atoms with Crippen LogP contribution in [0.3, 0.4) is 0 Å². The topological polar surface area (TPSA) is 121 Å². The minimum absolute atomic E-state index is 0.0470. The fourth-order valence-electron chi connectivity index (χ4n) is 3.06. The van der Waals surface area contributed by atoms with Crippen molar-refractivity contribution >= 4 is 29.0 Å². The van der Waals surface area contributed by atoms with Gasteiger partial charge in [-0.3, -0.25) is 4.79 Å². The van der Waals surface area contributed by atoms with Crippen LogP contribution >= 0.6 is 11.6 Å². The first kappa shape index (κ1) is 22.3. The van der Waals surface area contributed by atoms with E-state index in [0.717, 1.165) is 17.4 Å². The van der Waals surface area contributed by atoms with E-state index in [1.54, 1.807) is 6.92 Å². The first-order valence-corrected chi connectivity index (χ1v) is 10.4. The minimum Gasteiger partial charge on any atom is -0.494 e. The Kier molecular flexibility index (Phi) is 6.27. The number of amides is 1. The van der Waals surface area contributed by atoms with Crippen LogP contribution in [0.2, 0.25) is 5.02 Å². The highest BCUT2D eigenvalue weighted by Crippen LogP contribution is 2.25. The Morgan fingerprint density at radius 2 is 2.03 bits per heavy atom. The molecule has 2 aromatic carbocycles. The van der Waals surface area contributed by atoms with E-state index in [9.17, 15) is 9.18 Å². The van der Waals surface area contributed by atoms with Gasteiger partial charge in [0, 0.05) is 11.3 Å². The van der Waals surface area contributed by atoms with E-state index >= 15 is 0 Å². The predicted octanol–water partition coefficient (Wildman–Crippen LogP) is 4.32. The Labute approximate surface area is 193 Å². The third kappa shape index (κ3) is 4.80. The number of oxazole rings is 1. The van der Waals surface area contributed by atoms with Crippen LogP contribution in [-0.4, -0.2) is 32.5 Å². The second-order valence-corrected chi connectivity index (χ2v) is 7.45. The number of nitrogens with zero attached hydrogens (tertiary/aromatic N) is 4. The van der Waals surface area contributed by atoms with Gasteiger partial charge >= 0.3 is 0 Å². The fourth-order valence-corrected chi connectivity index (χ4v) is 3.24. The summed E-state index contributed by atoms with van der Waals surface area (Å²) in [5, 5.41) is 10.3. The molecule has 33 heavy (non-hydrogen) atoms. The first-order chi connectivity index (χ1) is 15.9. The van der Waals surface area contributed by atoms with Gasteiger partial charge in [-0.25, -0.2) is 14.1 Å². The molecule has 0 saturated heterocycles. The van der Waals surface area contributed by atoms with Gasteiger partial charge < -0.3 is 20.2 Å². The number of ether oxygens (including phenoxy) is 1. The third-order valence-corrected chi connectivity index (χ3v) is 5.06. The number of nitrogens with one attached hydrogen (secondary N) is 1. The molecule has 170 valence electrons. The quantitative estimate of drug-likeness (QED) is 0.412. The molecule has 0 atom stereocenters. The number of aryl methyl sites for hydroxylation is 1. The highest BCUT2D eigenvalue weighted by molar-refractivity contribution is 6.31. The summed E-state index contributed by atoms with van der Waals surface area (Å²) in [5.74, 6) is 0.636. The van der Waals surface area contributed by atoms with E-state index in [0.29, 0.717) is 29.6 Å². The molecule has 0 saturated carbocycles. The summed E-state index contributed by atoms with van der Waals surface area (Å²) < 4.78 is 25.9. The molecule has 4 aromatic rings. The van der Waals surface area contributed by atoms with Crippen LogP contribution in [0.5, 0.6) is 5.75 Å². The normalized spacial score (nSPS) is 10.9. The molecule has 0 unspecified atom stereocenters. The number of hydrogen-bond donors (Lipinski definition) is 2. The molecular weight excluding hydrogens is 451 g/mol. The molecule has 1 amide bonds. The lowest BCUT2D eigenvalue weighted by atomic mass is 10.2. The number of carbonyl (C=O) groups is 1. The van der Waals surface area contributed by atoms with Gasteiger partial charge in [0.15, 0.2) is 11.5 Å². The van der Waals surface area contributed by atoms with Crippen molar-refractivity contribution in [3.63, 3.8) is 0 Å². The number of nitrogens with two attached hydrogens (primary N) is 1. The highest BCUT2D eigenvalue weighted by Gasteiger charge is 2.20. The molecule has 11 heteroatoms. The van der Waals surface area contributed by atoms with Gasteiger partial charge in [-0.15, -0.1) is 5.10 Å². The summed E-state index contributed by atoms with van der Waals surface area (Å²) in [5.41, 5.74) is 7.69. The lowest BCUT2D eigenvalue weighted by Crippen LogP contribution is -2.15. The number of hydrogen-bond acceptors (Lipinski definition) is 7. The molecule has 4 rings (SSSR count). The van der Waals surface area contributed by atoms with Gasteiger partial charge in [-0.05, 0) is 56.3 Å². The number of rotatable bonds is 7. The number of carbonyl (C=O) groups excluding carboxylic acids is 1. The minimum atomic E-state index is -0.603. The average molecular weight is 471 g/mol. The zero-order valence-corrected chi connectivity index (χ0v) is 18.6. The lowest BCUT2D eigenvalue weighted by Gasteiger charge is -2.05. The number of nitrogen functional groups attached to an aromatic ring is 1. The maximum atomic E-state index is 13.3. The molecule has 2 heterocycles. The van der Waals surface area contributed by atoms with E-state index in [4.69, 9.17) is 26.5 Å². The summed E-state index contributed by atoms with van der Waals surface area (Å²) in [6.45, 7) is 4.43. The summed E-state index contributed by atoms with van der Waals surface area (Å²) >= 11 is 5.75. The maximum absolute atomic E-state index is 13.3. The first-order valence-electron chi connectivity index (χ1n) is 10.0. The second kappa shape index (κ2) is 9.29. The van der Waals surface area contributed by atoms with Gasteiger partial charge in [0.1, 0.15) is 23.0 Å². The Bertz CT molecular complexity index is 1300. The molecule has 3 N–H and O–H groups in total. The van der Waals surface area contributed by atoms with Crippen LogP contribution in [0.4, 0.5) is 15.9 Å². The summed E-state index contributed by atoms with van der Waals surface area (Å²) in [6.07, 6.45) is 0. The third-order valence-electron chi connectivity index (χ3n) is 4.77. The Morgan fingerprint density at radius 3 is 2.73 bits per heavy atom. The molecule has 2 aromatic heterocycles.